The zero-order valence-corrected chi connectivity index (χ0v) is 18.5. The van der Waals surface area contributed by atoms with Crippen LogP contribution in [0.3, 0.4) is 0 Å². The van der Waals surface area contributed by atoms with Gasteiger partial charge in [-0.2, -0.15) is 4.98 Å². The molecule has 2 heterocycles. The molecule has 2 aromatic carbocycles. The fraction of sp³-hybridized carbons (Fsp3) is 0.304. The van der Waals surface area contributed by atoms with E-state index in [0.29, 0.717) is 22.8 Å². The number of rotatable bonds is 5. The summed E-state index contributed by atoms with van der Waals surface area (Å²) in [7, 11) is 1.83. The molecule has 164 valence electrons. The summed E-state index contributed by atoms with van der Waals surface area (Å²) in [5.74, 6) is 0.488. The fourth-order valence-corrected chi connectivity index (χ4v) is 5.25. The molecule has 0 saturated heterocycles. The summed E-state index contributed by atoms with van der Waals surface area (Å²) in [5, 5.41) is 8.08. The third-order valence-corrected chi connectivity index (χ3v) is 6.82. The highest BCUT2D eigenvalue weighted by Crippen LogP contribution is 2.32. The number of thiazole rings is 1. The molecule has 1 saturated carbocycles. The minimum atomic E-state index is -0.271. The molecule has 0 unspecified atom stereocenters. The fourth-order valence-electron chi connectivity index (χ4n) is 4.29. The number of anilines is 1. The largest absolute Gasteiger partial charge is 0.357 e. The van der Waals surface area contributed by atoms with E-state index < -0.39 is 0 Å². The monoisotopic (exact) mass is 451 g/mol. The molecule has 2 aromatic heterocycles. The number of aromatic nitrogens is 3. The van der Waals surface area contributed by atoms with Crippen LogP contribution in [0.2, 0.25) is 0 Å². The van der Waals surface area contributed by atoms with Crippen LogP contribution in [0.1, 0.15) is 35.4 Å². The first-order chi connectivity index (χ1) is 15.5. The van der Waals surface area contributed by atoms with E-state index in [1.54, 1.807) is 24.0 Å². The van der Waals surface area contributed by atoms with Crippen molar-refractivity contribution in [3.8, 4) is 11.5 Å². The van der Waals surface area contributed by atoms with Crippen LogP contribution >= 0.6 is 11.3 Å². The SMILES string of the molecule is Cc1noc(-c2ccccc2C(=O)N(C)[C@@H]2CCC[C@H]2Nc2nc3ccc(F)cc3s2)n1. The number of carbonyl (C=O) groups is 1. The molecule has 0 spiro atoms. The summed E-state index contributed by atoms with van der Waals surface area (Å²) in [6.45, 7) is 1.74. The third kappa shape index (κ3) is 3.84. The van der Waals surface area contributed by atoms with Crippen LogP contribution in [0.4, 0.5) is 9.52 Å². The van der Waals surface area contributed by atoms with Gasteiger partial charge in [0.1, 0.15) is 5.82 Å². The highest BCUT2D eigenvalue weighted by atomic mass is 32.1. The Bertz CT molecular complexity index is 1290. The average Bonchev–Trinajstić information content (AvgIpc) is 3.52. The number of hydrogen-bond acceptors (Lipinski definition) is 7. The Morgan fingerprint density at radius 2 is 2.06 bits per heavy atom. The second-order valence-electron chi connectivity index (χ2n) is 7.99. The van der Waals surface area contributed by atoms with Crippen molar-refractivity contribution in [2.75, 3.05) is 12.4 Å². The van der Waals surface area contributed by atoms with Crippen LogP contribution in [0.15, 0.2) is 47.0 Å². The van der Waals surface area contributed by atoms with Gasteiger partial charge in [0.15, 0.2) is 11.0 Å². The zero-order valence-electron chi connectivity index (χ0n) is 17.7. The van der Waals surface area contributed by atoms with E-state index in [0.717, 1.165) is 34.6 Å². The molecule has 1 fully saturated rings. The molecular formula is C23H22FN5O2S. The van der Waals surface area contributed by atoms with Crippen molar-refractivity contribution in [2.45, 2.75) is 38.3 Å². The van der Waals surface area contributed by atoms with Crippen LogP contribution in [0, 0.1) is 12.7 Å². The van der Waals surface area contributed by atoms with E-state index in [2.05, 4.69) is 20.4 Å². The van der Waals surface area contributed by atoms with Gasteiger partial charge in [0.25, 0.3) is 11.8 Å². The molecule has 1 amide bonds. The van der Waals surface area contributed by atoms with Crippen molar-refractivity contribution < 1.29 is 13.7 Å². The number of benzene rings is 2. The highest BCUT2D eigenvalue weighted by Gasteiger charge is 2.34. The number of likely N-dealkylation sites (N-methyl/N-ethyl adjacent to an activating group) is 1. The first kappa shape index (κ1) is 20.6. The van der Waals surface area contributed by atoms with Crippen molar-refractivity contribution in [3.63, 3.8) is 0 Å². The smallest absolute Gasteiger partial charge is 0.258 e. The molecule has 0 aliphatic heterocycles. The Balaban J connectivity index is 1.37. The van der Waals surface area contributed by atoms with Crippen LogP contribution in [-0.2, 0) is 0 Å². The first-order valence-corrected chi connectivity index (χ1v) is 11.3. The maximum Gasteiger partial charge on any atom is 0.258 e. The lowest BCUT2D eigenvalue weighted by Gasteiger charge is -2.30. The minimum Gasteiger partial charge on any atom is -0.357 e. The molecule has 0 bridgehead atoms. The second-order valence-corrected chi connectivity index (χ2v) is 9.02. The predicted octanol–water partition coefficient (Wildman–Crippen LogP) is 4.90. The Morgan fingerprint density at radius 1 is 1.22 bits per heavy atom. The van der Waals surface area contributed by atoms with Crippen LogP contribution in [0.25, 0.3) is 21.7 Å². The lowest BCUT2D eigenvalue weighted by Crippen LogP contribution is -2.44. The predicted molar refractivity (Wildman–Crippen MR) is 121 cm³/mol. The van der Waals surface area contributed by atoms with Crippen LogP contribution in [0.5, 0.6) is 0 Å². The third-order valence-electron chi connectivity index (χ3n) is 5.87. The van der Waals surface area contributed by atoms with Gasteiger partial charge in [0.2, 0.25) is 0 Å². The van der Waals surface area contributed by atoms with Gasteiger partial charge < -0.3 is 14.7 Å². The zero-order chi connectivity index (χ0) is 22.2. The summed E-state index contributed by atoms with van der Waals surface area (Å²) in [4.78, 5) is 24.1. The van der Waals surface area contributed by atoms with Gasteiger partial charge in [-0.1, -0.05) is 28.6 Å². The highest BCUT2D eigenvalue weighted by molar-refractivity contribution is 7.22. The van der Waals surface area contributed by atoms with E-state index >= 15 is 0 Å². The molecule has 1 N–H and O–H groups in total. The molecule has 32 heavy (non-hydrogen) atoms. The summed E-state index contributed by atoms with van der Waals surface area (Å²) in [6, 6.07) is 11.9. The maximum absolute atomic E-state index is 13.5. The van der Waals surface area contributed by atoms with Crippen LogP contribution < -0.4 is 5.32 Å². The maximum atomic E-state index is 13.5. The van der Waals surface area contributed by atoms with Crippen molar-refractivity contribution in [1.29, 1.82) is 0 Å². The lowest BCUT2D eigenvalue weighted by molar-refractivity contribution is 0.0728. The van der Waals surface area contributed by atoms with E-state index in [4.69, 9.17) is 4.52 Å². The molecule has 2 atom stereocenters. The van der Waals surface area contributed by atoms with Gasteiger partial charge >= 0.3 is 0 Å². The molecule has 9 heteroatoms. The number of fused-ring (bicyclic) bond motifs is 1. The molecule has 1 aliphatic carbocycles. The minimum absolute atomic E-state index is 0.00345. The lowest BCUT2D eigenvalue weighted by atomic mass is 10.0. The van der Waals surface area contributed by atoms with E-state index in [1.807, 2.05) is 25.2 Å². The Labute approximate surface area is 188 Å². The van der Waals surface area contributed by atoms with Gasteiger partial charge in [-0.25, -0.2) is 9.37 Å². The molecule has 5 rings (SSSR count). The first-order valence-electron chi connectivity index (χ1n) is 10.5. The number of carbonyl (C=O) groups excluding carboxylic acids is 1. The number of amides is 1. The van der Waals surface area contributed by atoms with Crippen molar-refractivity contribution in [2.24, 2.45) is 0 Å². The summed E-state index contributed by atoms with van der Waals surface area (Å²) in [6.07, 6.45) is 2.82. The van der Waals surface area contributed by atoms with Crippen molar-refractivity contribution in [3.05, 3.63) is 59.7 Å². The van der Waals surface area contributed by atoms with E-state index in [9.17, 15) is 9.18 Å². The van der Waals surface area contributed by atoms with Gasteiger partial charge in [0.05, 0.1) is 27.4 Å². The Hall–Kier alpha value is -3.33. The van der Waals surface area contributed by atoms with Crippen molar-refractivity contribution >= 4 is 32.6 Å². The average molecular weight is 452 g/mol. The number of halogens is 1. The van der Waals surface area contributed by atoms with Gasteiger partial charge in [-0.15, -0.1) is 0 Å². The molecule has 0 radical (unpaired) electrons. The van der Waals surface area contributed by atoms with Crippen LogP contribution in [-0.4, -0.2) is 45.1 Å². The standard InChI is InChI=1S/C23H22FN5O2S/c1-13-25-21(31-28-13)15-6-3-4-7-16(15)22(30)29(2)19-9-5-8-17(19)26-23-27-18-11-10-14(24)12-20(18)32-23/h3-4,6-7,10-12,17,19H,5,8-9H2,1-2H3,(H,26,27)/t17-,19-/m1/s1. The summed E-state index contributed by atoms with van der Waals surface area (Å²) in [5.41, 5.74) is 1.92. The molecule has 4 aromatic rings. The Morgan fingerprint density at radius 3 is 2.88 bits per heavy atom. The van der Waals surface area contributed by atoms with E-state index in [-0.39, 0.29) is 23.8 Å². The second kappa shape index (κ2) is 8.31. The molecule has 1 aliphatic rings. The van der Waals surface area contributed by atoms with Gasteiger partial charge in [-0.05, 0) is 56.5 Å². The molecule has 7 nitrogen and oxygen atoms in total. The van der Waals surface area contributed by atoms with Crippen molar-refractivity contribution in [1.82, 2.24) is 20.0 Å². The van der Waals surface area contributed by atoms with Gasteiger partial charge in [-0.3, -0.25) is 4.79 Å². The summed E-state index contributed by atoms with van der Waals surface area (Å²) >= 11 is 1.43. The number of hydrogen-bond donors (Lipinski definition) is 1. The number of nitrogens with zero attached hydrogens (tertiary/aromatic N) is 4. The molecular weight excluding hydrogens is 429 g/mol. The normalized spacial score (nSPS) is 18.2. The topological polar surface area (TPSA) is 84.2 Å². The quantitative estimate of drug-likeness (QED) is 0.465. The van der Waals surface area contributed by atoms with E-state index in [1.165, 1.54) is 23.5 Å². The Kier molecular flexibility index (Phi) is 5.34. The van der Waals surface area contributed by atoms with Gasteiger partial charge in [0, 0.05) is 13.1 Å². The number of aryl methyl sites for hydroxylation is 1. The number of nitrogens with one attached hydrogen (secondary N) is 1. The summed E-state index contributed by atoms with van der Waals surface area (Å²) < 4.78 is 19.6.